The lowest BCUT2D eigenvalue weighted by Crippen LogP contribution is -2.29. The molecule has 3 aromatic carbocycles. The Hall–Kier alpha value is -4.90. The molecule has 1 N–H and O–H groups in total. The van der Waals surface area contributed by atoms with Crippen LogP contribution in [0.5, 0.6) is 5.75 Å². The molecule has 6 rings (SSSR count). The van der Waals surface area contributed by atoms with Gasteiger partial charge in [0.25, 0.3) is 0 Å². The first-order valence-corrected chi connectivity index (χ1v) is 12.6. The van der Waals surface area contributed by atoms with E-state index in [0.717, 1.165) is 48.6 Å². The second kappa shape index (κ2) is 9.87. The highest BCUT2D eigenvalue weighted by Gasteiger charge is 2.36. The molecule has 38 heavy (non-hydrogen) atoms. The maximum atomic E-state index is 13.7. The number of aromatic nitrogens is 2. The minimum absolute atomic E-state index is 0.0656. The highest BCUT2D eigenvalue weighted by atomic mass is 16.5. The van der Waals surface area contributed by atoms with E-state index in [-0.39, 0.29) is 12.3 Å². The number of Topliss-reactive ketones (excluding diaryl/α,β-unsaturated/α-hetero) is 1. The van der Waals surface area contributed by atoms with Crippen LogP contribution in [0.2, 0.25) is 0 Å². The number of hydrogen-bond acceptors (Lipinski definition) is 6. The Labute approximate surface area is 220 Å². The Kier molecular flexibility index (Phi) is 6.10. The van der Waals surface area contributed by atoms with Gasteiger partial charge in [-0.15, -0.1) is 0 Å². The Bertz CT molecular complexity index is 1550. The quantitative estimate of drug-likeness (QED) is 0.294. The largest absolute Gasteiger partial charge is 0.488 e. The van der Waals surface area contributed by atoms with Crippen LogP contribution in [0.3, 0.4) is 0 Å². The summed E-state index contributed by atoms with van der Waals surface area (Å²) in [4.78, 5) is 29.0. The molecular formula is C30H25N5O3. The van der Waals surface area contributed by atoms with Crippen LogP contribution in [0.25, 0.3) is 16.9 Å². The van der Waals surface area contributed by atoms with Gasteiger partial charge in [0, 0.05) is 35.6 Å². The number of nitrogens with zero attached hydrogens (tertiary/aromatic N) is 4. The molecule has 0 bridgehead atoms. The Morgan fingerprint density at radius 2 is 1.66 bits per heavy atom. The smallest absolute Gasteiger partial charge is 0.249 e. The summed E-state index contributed by atoms with van der Waals surface area (Å²) in [7, 11) is 0. The summed E-state index contributed by atoms with van der Waals surface area (Å²) in [6.45, 7) is 2.10. The number of anilines is 2. The molecule has 1 amide bonds. The van der Waals surface area contributed by atoms with Crippen LogP contribution in [0.4, 0.5) is 11.4 Å². The van der Waals surface area contributed by atoms with Crippen molar-refractivity contribution >= 4 is 23.1 Å². The molecular weight excluding hydrogens is 478 g/mol. The van der Waals surface area contributed by atoms with Crippen LogP contribution in [-0.2, 0) is 11.4 Å². The lowest BCUT2D eigenvalue weighted by molar-refractivity contribution is -0.117. The number of carbonyl (C=O) groups excluding carboxylic acids is 2. The second-order valence-electron chi connectivity index (χ2n) is 9.37. The number of nitriles is 1. The number of ketones is 1. The lowest BCUT2D eigenvalue weighted by Gasteiger charge is -2.24. The monoisotopic (exact) mass is 503 g/mol. The fraction of sp³-hybridized carbons (Fsp3) is 0.200. The number of carbonyl (C=O) groups is 2. The highest BCUT2D eigenvalue weighted by molar-refractivity contribution is 6.15. The fourth-order valence-corrected chi connectivity index (χ4v) is 5.08. The second-order valence-corrected chi connectivity index (χ2v) is 9.37. The number of para-hydroxylation sites is 2. The van der Waals surface area contributed by atoms with E-state index in [9.17, 15) is 14.9 Å². The standard InChI is InChI=1S/C30H25N5O3/c31-18-24(30(37)32-20-9-3-1-4-10-20)29(36)27-25-19-38-26-14-13-22(34-15-7-8-16-34)17-23(26)28(25)35(33-27)21-11-5-2-6-12-21/h1-6,9-14,17,24H,7-8,15-16,19H2,(H,32,37). The van der Waals surface area contributed by atoms with E-state index in [1.54, 1.807) is 28.9 Å². The maximum absolute atomic E-state index is 13.7. The van der Waals surface area contributed by atoms with Gasteiger partial charge in [0.2, 0.25) is 11.7 Å². The summed E-state index contributed by atoms with van der Waals surface area (Å²) >= 11 is 0. The van der Waals surface area contributed by atoms with Gasteiger partial charge in [-0.05, 0) is 55.3 Å². The first kappa shape index (κ1) is 23.5. The van der Waals surface area contributed by atoms with E-state index >= 15 is 0 Å². The summed E-state index contributed by atoms with van der Waals surface area (Å²) in [5.74, 6) is -2.21. The van der Waals surface area contributed by atoms with Crippen LogP contribution < -0.4 is 15.0 Å². The predicted molar refractivity (Wildman–Crippen MR) is 143 cm³/mol. The van der Waals surface area contributed by atoms with E-state index in [4.69, 9.17) is 4.74 Å². The summed E-state index contributed by atoms with van der Waals surface area (Å²) < 4.78 is 7.79. The molecule has 8 heteroatoms. The molecule has 1 unspecified atom stereocenters. The third-order valence-corrected chi connectivity index (χ3v) is 6.97. The van der Waals surface area contributed by atoms with Crippen LogP contribution in [0, 0.1) is 17.2 Å². The number of benzene rings is 3. The van der Waals surface area contributed by atoms with Gasteiger partial charge >= 0.3 is 0 Å². The fourth-order valence-electron chi connectivity index (χ4n) is 5.08. The number of fused-ring (bicyclic) bond motifs is 3. The number of rotatable bonds is 6. The van der Waals surface area contributed by atoms with Crippen molar-refractivity contribution in [2.75, 3.05) is 23.3 Å². The van der Waals surface area contributed by atoms with Crippen LogP contribution >= 0.6 is 0 Å². The van der Waals surface area contributed by atoms with E-state index in [1.807, 2.05) is 48.5 Å². The van der Waals surface area contributed by atoms with Crippen molar-refractivity contribution in [2.24, 2.45) is 5.92 Å². The Morgan fingerprint density at radius 3 is 2.37 bits per heavy atom. The van der Waals surface area contributed by atoms with Crippen molar-refractivity contribution in [3.05, 3.63) is 90.1 Å². The Balaban J connectivity index is 1.44. The van der Waals surface area contributed by atoms with Gasteiger partial charge in [-0.2, -0.15) is 10.4 Å². The van der Waals surface area contributed by atoms with Crippen molar-refractivity contribution in [3.8, 4) is 28.8 Å². The molecule has 0 spiro atoms. The van der Waals surface area contributed by atoms with Gasteiger partial charge in [0.1, 0.15) is 18.1 Å². The lowest BCUT2D eigenvalue weighted by atomic mass is 9.95. The van der Waals surface area contributed by atoms with Crippen molar-refractivity contribution in [3.63, 3.8) is 0 Å². The van der Waals surface area contributed by atoms with Crippen molar-refractivity contribution in [2.45, 2.75) is 19.4 Å². The molecule has 0 radical (unpaired) electrons. The van der Waals surface area contributed by atoms with Crippen LogP contribution in [-0.4, -0.2) is 34.6 Å². The summed E-state index contributed by atoms with van der Waals surface area (Å²) in [5, 5.41) is 17.2. The maximum Gasteiger partial charge on any atom is 0.249 e. The van der Waals surface area contributed by atoms with Crippen molar-refractivity contribution in [1.29, 1.82) is 5.26 Å². The van der Waals surface area contributed by atoms with E-state index in [2.05, 4.69) is 27.4 Å². The SMILES string of the molecule is N#CC(C(=O)Nc1ccccc1)C(=O)c1nn(-c2ccccc2)c2c1COc1ccc(N3CCCC3)cc1-2. The van der Waals surface area contributed by atoms with Crippen molar-refractivity contribution in [1.82, 2.24) is 9.78 Å². The number of nitrogens with one attached hydrogen (secondary N) is 1. The summed E-state index contributed by atoms with van der Waals surface area (Å²) in [6, 6.07) is 26.3. The molecule has 2 aliphatic rings. The number of hydrogen-bond donors (Lipinski definition) is 1. The van der Waals surface area contributed by atoms with Gasteiger partial charge in [0.15, 0.2) is 5.92 Å². The molecule has 1 atom stereocenters. The van der Waals surface area contributed by atoms with Gasteiger partial charge in [-0.3, -0.25) is 9.59 Å². The normalized spacial score (nSPS) is 14.6. The molecule has 8 nitrogen and oxygen atoms in total. The zero-order chi connectivity index (χ0) is 26.1. The van der Waals surface area contributed by atoms with Crippen molar-refractivity contribution < 1.29 is 14.3 Å². The third kappa shape index (κ3) is 4.18. The molecule has 0 aliphatic carbocycles. The predicted octanol–water partition coefficient (Wildman–Crippen LogP) is 4.99. The van der Waals surface area contributed by atoms with E-state index in [1.165, 1.54) is 0 Å². The summed E-state index contributed by atoms with van der Waals surface area (Å²) in [5.41, 5.74) is 4.56. The van der Waals surface area contributed by atoms with E-state index < -0.39 is 17.6 Å². The number of ether oxygens (including phenoxy) is 1. The molecule has 4 aromatic rings. The minimum Gasteiger partial charge on any atom is -0.488 e. The zero-order valence-electron chi connectivity index (χ0n) is 20.6. The van der Waals surface area contributed by atoms with Gasteiger partial charge in [0.05, 0.1) is 17.5 Å². The number of amides is 1. The minimum atomic E-state index is -1.56. The molecule has 2 aliphatic heterocycles. The van der Waals surface area contributed by atoms with E-state index in [0.29, 0.717) is 17.0 Å². The first-order valence-electron chi connectivity index (χ1n) is 12.6. The molecule has 3 heterocycles. The van der Waals surface area contributed by atoms with Crippen LogP contribution in [0.15, 0.2) is 78.9 Å². The first-order chi connectivity index (χ1) is 18.6. The molecule has 1 aromatic heterocycles. The zero-order valence-corrected chi connectivity index (χ0v) is 20.6. The average Bonchev–Trinajstić information content (AvgIpc) is 3.63. The van der Waals surface area contributed by atoms with Gasteiger partial charge < -0.3 is 15.0 Å². The average molecular weight is 504 g/mol. The van der Waals surface area contributed by atoms with Gasteiger partial charge in [-0.25, -0.2) is 4.68 Å². The topological polar surface area (TPSA) is 100 Å². The summed E-state index contributed by atoms with van der Waals surface area (Å²) in [6.07, 6.45) is 2.31. The molecule has 0 saturated carbocycles. The van der Waals surface area contributed by atoms with Gasteiger partial charge in [-0.1, -0.05) is 36.4 Å². The third-order valence-electron chi connectivity index (χ3n) is 6.97. The molecule has 188 valence electrons. The highest BCUT2D eigenvalue weighted by Crippen LogP contribution is 2.42. The molecule has 1 saturated heterocycles. The van der Waals surface area contributed by atoms with Crippen LogP contribution in [0.1, 0.15) is 28.9 Å². The molecule has 1 fully saturated rings. The Morgan fingerprint density at radius 1 is 0.947 bits per heavy atom.